The number of carbonyl (C=O) groups excluding carboxylic acids is 1. The second-order valence-corrected chi connectivity index (χ2v) is 7.80. The van der Waals surface area contributed by atoms with Gasteiger partial charge in [-0.15, -0.1) is 0 Å². The third-order valence-electron chi connectivity index (χ3n) is 4.58. The lowest BCUT2D eigenvalue weighted by molar-refractivity contribution is 0.0985. The van der Waals surface area contributed by atoms with Crippen LogP contribution in [0.15, 0.2) is 54.9 Å². The molecule has 2 aromatic heterocycles. The first-order chi connectivity index (χ1) is 14.6. The molecule has 154 valence electrons. The summed E-state index contributed by atoms with van der Waals surface area (Å²) >= 11 is 7.72. The second-order valence-electron chi connectivity index (χ2n) is 6.38. The van der Waals surface area contributed by atoms with E-state index in [1.54, 1.807) is 47.2 Å². The number of methoxy groups -OCH3 is 2. The fraction of sp³-hybridized carbons (Fsp3) is 0.190. The molecule has 0 spiro atoms. The SMILES string of the molecule is COc1ccc(C(=O)N(CCn2cccn2)c2nc3c(Cl)cccc3s2)cc1OC. The Hall–Kier alpha value is -3.10. The maximum absolute atomic E-state index is 13.5. The predicted octanol–water partition coefficient (Wildman–Crippen LogP) is 4.51. The number of rotatable bonds is 7. The minimum absolute atomic E-state index is 0.196. The Morgan fingerprint density at radius 1 is 1.17 bits per heavy atom. The molecule has 9 heteroatoms. The number of para-hydroxylation sites is 1. The van der Waals surface area contributed by atoms with Crippen LogP contribution in [0.25, 0.3) is 10.2 Å². The van der Waals surface area contributed by atoms with Crippen LogP contribution in [0.2, 0.25) is 5.02 Å². The third-order valence-corrected chi connectivity index (χ3v) is 5.93. The summed E-state index contributed by atoms with van der Waals surface area (Å²) in [6.07, 6.45) is 3.56. The van der Waals surface area contributed by atoms with Crippen LogP contribution >= 0.6 is 22.9 Å². The lowest BCUT2D eigenvalue weighted by atomic mass is 10.1. The van der Waals surface area contributed by atoms with Crippen LogP contribution in [0, 0.1) is 0 Å². The number of aromatic nitrogens is 3. The quantitative estimate of drug-likeness (QED) is 0.421. The van der Waals surface area contributed by atoms with E-state index < -0.39 is 0 Å². The highest BCUT2D eigenvalue weighted by Crippen LogP contribution is 2.34. The van der Waals surface area contributed by atoms with Crippen molar-refractivity contribution in [3.8, 4) is 11.5 Å². The number of fused-ring (bicyclic) bond motifs is 1. The molecule has 0 saturated heterocycles. The first kappa shape index (κ1) is 20.2. The van der Waals surface area contributed by atoms with E-state index in [0.29, 0.717) is 45.8 Å². The Labute approximate surface area is 182 Å². The number of amides is 1. The fourth-order valence-electron chi connectivity index (χ4n) is 3.06. The maximum atomic E-state index is 13.5. The highest BCUT2D eigenvalue weighted by Gasteiger charge is 2.23. The third kappa shape index (κ3) is 3.96. The topological polar surface area (TPSA) is 69.5 Å². The number of nitrogens with zero attached hydrogens (tertiary/aromatic N) is 4. The zero-order valence-electron chi connectivity index (χ0n) is 16.4. The minimum atomic E-state index is -0.196. The number of carbonyl (C=O) groups is 1. The molecule has 0 unspecified atom stereocenters. The molecule has 0 fully saturated rings. The summed E-state index contributed by atoms with van der Waals surface area (Å²) in [6.45, 7) is 0.919. The lowest BCUT2D eigenvalue weighted by Crippen LogP contribution is -2.34. The molecular formula is C21H19ClN4O3S. The molecule has 0 radical (unpaired) electrons. The van der Waals surface area contributed by atoms with E-state index in [9.17, 15) is 4.79 Å². The number of halogens is 1. The van der Waals surface area contributed by atoms with Crippen LogP contribution in [-0.2, 0) is 6.54 Å². The minimum Gasteiger partial charge on any atom is -0.493 e. The number of thiazole rings is 1. The Morgan fingerprint density at radius 3 is 2.70 bits per heavy atom. The van der Waals surface area contributed by atoms with Crippen LogP contribution < -0.4 is 14.4 Å². The zero-order chi connectivity index (χ0) is 21.1. The largest absolute Gasteiger partial charge is 0.493 e. The number of hydrogen-bond acceptors (Lipinski definition) is 6. The first-order valence-corrected chi connectivity index (χ1v) is 10.4. The van der Waals surface area contributed by atoms with E-state index in [2.05, 4.69) is 10.1 Å². The van der Waals surface area contributed by atoms with Gasteiger partial charge in [0.15, 0.2) is 16.6 Å². The van der Waals surface area contributed by atoms with Gasteiger partial charge in [-0.2, -0.15) is 5.10 Å². The van der Waals surface area contributed by atoms with Gasteiger partial charge in [-0.1, -0.05) is 29.0 Å². The molecule has 4 aromatic rings. The van der Waals surface area contributed by atoms with Crippen LogP contribution in [0.5, 0.6) is 11.5 Å². The van der Waals surface area contributed by atoms with Crippen molar-refractivity contribution in [3.63, 3.8) is 0 Å². The van der Waals surface area contributed by atoms with E-state index >= 15 is 0 Å². The molecule has 0 aliphatic carbocycles. The average molecular weight is 443 g/mol. The van der Waals surface area contributed by atoms with Gasteiger partial charge in [0.2, 0.25) is 0 Å². The maximum Gasteiger partial charge on any atom is 0.260 e. The standard InChI is InChI=1S/C21H19ClN4O3S/c1-28-16-8-7-14(13-17(16)29-2)20(27)26(12-11-25-10-4-9-23-25)21-24-19-15(22)5-3-6-18(19)30-21/h3-10,13H,11-12H2,1-2H3. The zero-order valence-corrected chi connectivity index (χ0v) is 18.0. The summed E-state index contributed by atoms with van der Waals surface area (Å²) < 4.78 is 13.3. The summed E-state index contributed by atoms with van der Waals surface area (Å²) in [5.74, 6) is 0.852. The highest BCUT2D eigenvalue weighted by molar-refractivity contribution is 7.22. The molecule has 0 aliphatic heterocycles. The van der Waals surface area contributed by atoms with E-state index in [4.69, 9.17) is 21.1 Å². The number of hydrogen-bond donors (Lipinski definition) is 0. The van der Waals surface area contributed by atoms with E-state index in [0.717, 1.165) is 4.70 Å². The Kier molecular flexibility index (Phi) is 5.87. The predicted molar refractivity (Wildman–Crippen MR) is 118 cm³/mol. The van der Waals surface area contributed by atoms with Crippen molar-refractivity contribution in [1.29, 1.82) is 0 Å². The van der Waals surface area contributed by atoms with Crippen molar-refractivity contribution in [2.45, 2.75) is 6.54 Å². The van der Waals surface area contributed by atoms with Gasteiger partial charge in [-0.3, -0.25) is 14.4 Å². The van der Waals surface area contributed by atoms with Gasteiger partial charge < -0.3 is 9.47 Å². The molecule has 1 amide bonds. The summed E-state index contributed by atoms with van der Waals surface area (Å²) in [7, 11) is 3.09. The highest BCUT2D eigenvalue weighted by atomic mass is 35.5. The van der Waals surface area contributed by atoms with E-state index in [-0.39, 0.29) is 5.91 Å². The van der Waals surface area contributed by atoms with Gasteiger partial charge in [0, 0.05) is 24.5 Å². The molecule has 0 saturated carbocycles. The van der Waals surface area contributed by atoms with Crippen LogP contribution in [-0.4, -0.2) is 41.4 Å². The normalized spacial score (nSPS) is 10.9. The summed E-state index contributed by atoms with van der Waals surface area (Å²) in [4.78, 5) is 19.8. The van der Waals surface area contributed by atoms with Crippen LogP contribution in [0.4, 0.5) is 5.13 Å². The smallest absolute Gasteiger partial charge is 0.260 e. The molecule has 30 heavy (non-hydrogen) atoms. The molecule has 0 N–H and O–H groups in total. The summed E-state index contributed by atoms with van der Waals surface area (Å²) in [5, 5.41) is 5.36. The van der Waals surface area contributed by atoms with Crippen molar-refractivity contribution < 1.29 is 14.3 Å². The van der Waals surface area contributed by atoms with E-state index in [1.165, 1.54) is 18.4 Å². The van der Waals surface area contributed by atoms with Crippen molar-refractivity contribution in [3.05, 3.63) is 65.4 Å². The fourth-order valence-corrected chi connectivity index (χ4v) is 4.35. The van der Waals surface area contributed by atoms with Gasteiger partial charge in [-0.25, -0.2) is 4.98 Å². The summed E-state index contributed by atoms with van der Waals surface area (Å²) in [6, 6.07) is 12.5. The van der Waals surface area contributed by atoms with Crippen molar-refractivity contribution in [2.75, 3.05) is 25.7 Å². The van der Waals surface area contributed by atoms with Gasteiger partial charge in [0.05, 0.1) is 30.5 Å². The van der Waals surface area contributed by atoms with Crippen molar-refractivity contribution >= 4 is 44.2 Å². The molecule has 0 aliphatic rings. The molecule has 7 nitrogen and oxygen atoms in total. The Morgan fingerprint density at radius 2 is 2.00 bits per heavy atom. The molecule has 2 heterocycles. The van der Waals surface area contributed by atoms with Crippen molar-refractivity contribution in [2.24, 2.45) is 0 Å². The Bertz CT molecular complexity index is 1180. The molecular weight excluding hydrogens is 424 g/mol. The van der Waals surface area contributed by atoms with Gasteiger partial charge in [0.25, 0.3) is 5.91 Å². The molecule has 0 bridgehead atoms. The second kappa shape index (κ2) is 8.73. The molecule has 2 aromatic carbocycles. The number of anilines is 1. The monoisotopic (exact) mass is 442 g/mol. The van der Waals surface area contributed by atoms with Crippen molar-refractivity contribution in [1.82, 2.24) is 14.8 Å². The van der Waals surface area contributed by atoms with Crippen LogP contribution in [0.3, 0.4) is 0 Å². The summed E-state index contributed by atoms with van der Waals surface area (Å²) in [5.41, 5.74) is 1.15. The lowest BCUT2D eigenvalue weighted by Gasteiger charge is -2.20. The number of benzene rings is 2. The van der Waals surface area contributed by atoms with Gasteiger partial charge >= 0.3 is 0 Å². The first-order valence-electron chi connectivity index (χ1n) is 9.17. The Balaban J connectivity index is 1.72. The molecule has 0 atom stereocenters. The number of ether oxygens (including phenoxy) is 2. The average Bonchev–Trinajstić information content (AvgIpc) is 3.44. The van der Waals surface area contributed by atoms with E-state index in [1.807, 2.05) is 24.4 Å². The van der Waals surface area contributed by atoms with Gasteiger partial charge in [0.1, 0.15) is 5.52 Å². The van der Waals surface area contributed by atoms with Crippen LogP contribution in [0.1, 0.15) is 10.4 Å². The molecule has 4 rings (SSSR count). The van der Waals surface area contributed by atoms with Gasteiger partial charge in [-0.05, 0) is 36.4 Å².